The lowest BCUT2D eigenvalue weighted by atomic mass is 10.1. The zero-order valence-electron chi connectivity index (χ0n) is 15.2. The van der Waals surface area contributed by atoms with Crippen molar-refractivity contribution in [3.8, 4) is 0 Å². The number of ether oxygens (including phenoxy) is 3. The van der Waals surface area contributed by atoms with Crippen molar-refractivity contribution in [3.63, 3.8) is 0 Å². The van der Waals surface area contributed by atoms with Crippen LogP contribution >= 0.6 is 7.82 Å². The van der Waals surface area contributed by atoms with Gasteiger partial charge < -0.3 is 34.4 Å². The molecule has 14 heteroatoms. The fourth-order valence-electron chi connectivity index (χ4n) is 3.02. The van der Waals surface area contributed by atoms with Gasteiger partial charge in [0.05, 0.1) is 6.61 Å². The monoisotopic (exact) mass is 426 g/mol. The van der Waals surface area contributed by atoms with E-state index < -0.39 is 56.9 Å². The summed E-state index contributed by atoms with van der Waals surface area (Å²) < 4.78 is 31.4. The normalized spacial score (nSPS) is 30.7. The van der Waals surface area contributed by atoms with E-state index in [-0.39, 0.29) is 25.6 Å². The number of esters is 2. The van der Waals surface area contributed by atoms with Gasteiger partial charge in [-0.25, -0.2) is 9.36 Å². The highest BCUT2D eigenvalue weighted by Crippen LogP contribution is 2.38. The molecule has 0 bridgehead atoms. The smallest absolute Gasteiger partial charge is 0.456 e. The van der Waals surface area contributed by atoms with Crippen LogP contribution in [0.25, 0.3) is 0 Å². The Bertz CT molecular complexity index is 653. The van der Waals surface area contributed by atoms with Gasteiger partial charge in [0, 0.05) is 39.5 Å². The fourth-order valence-corrected chi connectivity index (χ4v) is 3.36. The van der Waals surface area contributed by atoms with Gasteiger partial charge in [0.1, 0.15) is 6.10 Å². The number of carbonyl (C=O) groups is 3. The minimum Gasteiger partial charge on any atom is -0.456 e. The van der Waals surface area contributed by atoms with Crippen molar-refractivity contribution in [2.24, 2.45) is 5.92 Å². The van der Waals surface area contributed by atoms with Crippen molar-refractivity contribution >= 4 is 25.8 Å². The number of aliphatic hydroxyl groups is 1. The van der Waals surface area contributed by atoms with E-state index >= 15 is 0 Å². The Balaban J connectivity index is 2.30. The van der Waals surface area contributed by atoms with E-state index in [1.165, 1.54) is 0 Å². The second-order valence-corrected chi connectivity index (χ2v) is 7.63. The van der Waals surface area contributed by atoms with Crippen molar-refractivity contribution in [1.29, 1.82) is 0 Å². The summed E-state index contributed by atoms with van der Waals surface area (Å²) in [5.41, 5.74) is 0. The summed E-state index contributed by atoms with van der Waals surface area (Å²) in [4.78, 5) is 54.3. The Kier molecular flexibility index (Phi) is 7.37. The van der Waals surface area contributed by atoms with E-state index in [9.17, 15) is 24.1 Å². The molecule has 2 fully saturated rings. The summed E-state index contributed by atoms with van der Waals surface area (Å²) in [6.07, 6.45) is -5.00. The SMILES string of the molecule is CC(=O)O[C@H]1[C@H](OC(C)=O)[C@@H](COP(=O)(O)O)O[C@H]1N1CC(CO)CNC1=O. The first-order valence-corrected chi connectivity index (χ1v) is 9.90. The van der Waals surface area contributed by atoms with Gasteiger partial charge in [-0.2, -0.15) is 0 Å². The quantitative estimate of drug-likeness (QED) is 0.269. The number of aliphatic hydroxyl groups excluding tert-OH is 1. The van der Waals surface area contributed by atoms with E-state index in [0.29, 0.717) is 0 Å². The van der Waals surface area contributed by atoms with E-state index in [1.807, 2.05) is 0 Å². The molecule has 1 unspecified atom stereocenters. The molecule has 4 N–H and O–H groups in total. The molecule has 2 aliphatic rings. The second kappa shape index (κ2) is 9.16. The predicted molar refractivity (Wildman–Crippen MR) is 88.4 cm³/mol. The third-order valence-corrected chi connectivity index (χ3v) is 4.61. The van der Waals surface area contributed by atoms with Gasteiger partial charge in [0.2, 0.25) is 0 Å². The average molecular weight is 426 g/mol. The topological polar surface area (TPSA) is 181 Å². The summed E-state index contributed by atoms with van der Waals surface area (Å²) in [5.74, 6) is -1.83. The van der Waals surface area contributed by atoms with Gasteiger partial charge in [-0.15, -0.1) is 0 Å². The van der Waals surface area contributed by atoms with Crippen LogP contribution in [0.15, 0.2) is 0 Å². The average Bonchev–Trinajstić information content (AvgIpc) is 2.89. The van der Waals surface area contributed by atoms with Crippen LogP contribution in [0.5, 0.6) is 0 Å². The van der Waals surface area contributed by atoms with E-state index in [1.54, 1.807) is 0 Å². The maximum absolute atomic E-state index is 12.3. The number of nitrogens with zero attached hydrogens (tertiary/aromatic N) is 1. The molecule has 0 saturated carbocycles. The van der Waals surface area contributed by atoms with Gasteiger partial charge >= 0.3 is 25.8 Å². The first-order valence-electron chi connectivity index (χ1n) is 8.37. The van der Waals surface area contributed by atoms with Crippen LogP contribution in [0.1, 0.15) is 13.8 Å². The lowest BCUT2D eigenvalue weighted by molar-refractivity contribution is -0.167. The van der Waals surface area contributed by atoms with Crippen LogP contribution in [0, 0.1) is 5.92 Å². The molecule has 0 aromatic heterocycles. The molecule has 2 aliphatic heterocycles. The number of hydrogen-bond donors (Lipinski definition) is 4. The summed E-state index contributed by atoms with van der Waals surface area (Å²) >= 11 is 0. The number of rotatable bonds is 7. The van der Waals surface area contributed by atoms with Crippen molar-refractivity contribution in [2.75, 3.05) is 26.3 Å². The lowest BCUT2D eigenvalue weighted by Crippen LogP contribution is -2.59. The van der Waals surface area contributed by atoms with Crippen molar-refractivity contribution in [2.45, 2.75) is 38.4 Å². The van der Waals surface area contributed by atoms with Crippen LogP contribution in [0.4, 0.5) is 4.79 Å². The lowest BCUT2D eigenvalue weighted by Gasteiger charge is -2.37. The standard InChI is InChI=1S/C14H23N2O11P/c1-7(18)25-11-10(6-24-28(21,22)23)27-13(12(11)26-8(2)19)16-4-9(5-17)3-15-14(16)20/h9-13,17H,3-6H2,1-2H3,(H,15,20)(H2,21,22,23)/t9?,10-,11-,12+,13-/m1/s1. The number of carbonyl (C=O) groups excluding carboxylic acids is 3. The third-order valence-electron chi connectivity index (χ3n) is 4.12. The summed E-state index contributed by atoms with van der Waals surface area (Å²) in [7, 11) is -4.86. The van der Waals surface area contributed by atoms with Crippen LogP contribution in [0.3, 0.4) is 0 Å². The van der Waals surface area contributed by atoms with Crippen LogP contribution in [0.2, 0.25) is 0 Å². The number of phosphoric ester groups is 1. The summed E-state index contributed by atoms with van der Waals surface area (Å²) in [6.45, 7) is 1.58. The van der Waals surface area contributed by atoms with Gasteiger partial charge in [-0.1, -0.05) is 0 Å². The van der Waals surface area contributed by atoms with E-state index in [2.05, 4.69) is 9.84 Å². The largest absolute Gasteiger partial charge is 0.469 e. The van der Waals surface area contributed by atoms with Crippen LogP contribution in [-0.2, 0) is 32.9 Å². The summed E-state index contributed by atoms with van der Waals surface area (Å²) in [6, 6.07) is -0.565. The van der Waals surface area contributed by atoms with Gasteiger partial charge in [0.15, 0.2) is 18.4 Å². The molecule has 2 saturated heterocycles. The third kappa shape index (κ3) is 5.87. The molecule has 2 amide bonds. The highest BCUT2D eigenvalue weighted by atomic mass is 31.2. The molecule has 0 radical (unpaired) electrons. The minimum absolute atomic E-state index is 0.0592. The number of nitrogens with one attached hydrogen (secondary N) is 1. The molecule has 28 heavy (non-hydrogen) atoms. The van der Waals surface area contributed by atoms with Crippen molar-refractivity contribution in [1.82, 2.24) is 10.2 Å². The Labute approximate surface area is 160 Å². The Morgan fingerprint density at radius 3 is 2.39 bits per heavy atom. The number of phosphoric acid groups is 1. The van der Waals surface area contributed by atoms with Crippen LogP contribution in [-0.4, -0.2) is 88.6 Å². The first kappa shape index (κ1) is 22.5. The molecule has 0 aliphatic carbocycles. The van der Waals surface area contributed by atoms with E-state index in [0.717, 1.165) is 18.7 Å². The minimum atomic E-state index is -4.86. The molecule has 0 aromatic carbocycles. The zero-order chi connectivity index (χ0) is 21.1. The second-order valence-electron chi connectivity index (χ2n) is 6.39. The number of urea groups is 1. The van der Waals surface area contributed by atoms with Gasteiger partial charge in [-0.05, 0) is 0 Å². The molecule has 160 valence electrons. The maximum atomic E-state index is 12.3. The Morgan fingerprint density at radius 1 is 1.25 bits per heavy atom. The molecular weight excluding hydrogens is 403 g/mol. The highest BCUT2D eigenvalue weighted by Gasteiger charge is 2.53. The Hall–Kier alpha value is -1.76. The highest BCUT2D eigenvalue weighted by molar-refractivity contribution is 7.46. The molecular formula is C14H23N2O11P. The predicted octanol–water partition coefficient (Wildman–Crippen LogP) is -1.68. The van der Waals surface area contributed by atoms with Gasteiger partial charge in [0.25, 0.3) is 0 Å². The fraction of sp³-hybridized carbons (Fsp3) is 0.786. The Morgan fingerprint density at radius 2 is 1.86 bits per heavy atom. The van der Waals surface area contributed by atoms with Crippen molar-refractivity contribution in [3.05, 3.63) is 0 Å². The van der Waals surface area contributed by atoms with Crippen molar-refractivity contribution < 1.29 is 52.6 Å². The number of hydrogen-bond acceptors (Lipinski definition) is 9. The molecule has 2 rings (SSSR count). The molecule has 0 aromatic rings. The molecule has 0 spiro atoms. The van der Waals surface area contributed by atoms with E-state index in [4.69, 9.17) is 24.0 Å². The first-order chi connectivity index (χ1) is 13.0. The molecule has 13 nitrogen and oxygen atoms in total. The maximum Gasteiger partial charge on any atom is 0.469 e. The zero-order valence-corrected chi connectivity index (χ0v) is 16.1. The van der Waals surface area contributed by atoms with Gasteiger partial charge in [-0.3, -0.25) is 19.0 Å². The molecule has 5 atom stereocenters. The molecule has 2 heterocycles. The van der Waals surface area contributed by atoms with Crippen LogP contribution < -0.4 is 5.32 Å². The number of amides is 2. The summed E-state index contributed by atoms with van der Waals surface area (Å²) in [5, 5.41) is 11.9.